The quantitative estimate of drug-likeness (QED) is 0.895. The average molecular weight is 316 g/mol. The van der Waals surface area contributed by atoms with E-state index in [0.29, 0.717) is 18.5 Å². The Balaban J connectivity index is 1.58. The third kappa shape index (κ3) is 3.51. The molecule has 4 nitrogen and oxygen atoms in total. The summed E-state index contributed by atoms with van der Waals surface area (Å²) in [5.41, 5.74) is 1.62. The summed E-state index contributed by atoms with van der Waals surface area (Å²) >= 11 is 0. The van der Waals surface area contributed by atoms with Gasteiger partial charge in [0.05, 0.1) is 0 Å². The zero-order valence-electron chi connectivity index (χ0n) is 14.5. The van der Waals surface area contributed by atoms with Crippen LogP contribution in [0.2, 0.25) is 0 Å². The number of aromatic amines is 1. The number of fused-ring (bicyclic) bond motifs is 2. The molecular formula is C19H28N2O2. The van der Waals surface area contributed by atoms with Crippen molar-refractivity contribution in [3.8, 4) is 0 Å². The molecule has 2 aliphatic carbocycles. The van der Waals surface area contributed by atoms with Gasteiger partial charge in [-0.25, -0.2) is 0 Å². The molecule has 0 spiro atoms. The van der Waals surface area contributed by atoms with E-state index < -0.39 is 0 Å². The molecule has 2 fully saturated rings. The van der Waals surface area contributed by atoms with Crippen LogP contribution in [0.4, 0.5) is 0 Å². The Morgan fingerprint density at radius 1 is 1.30 bits per heavy atom. The minimum absolute atomic E-state index is 0.0818. The van der Waals surface area contributed by atoms with Crippen LogP contribution in [0.1, 0.15) is 70.6 Å². The van der Waals surface area contributed by atoms with Crippen LogP contribution in [-0.2, 0) is 16.8 Å². The minimum atomic E-state index is -0.0994. The lowest BCUT2D eigenvalue weighted by molar-refractivity contribution is -0.123. The first kappa shape index (κ1) is 16.3. The Labute approximate surface area is 138 Å². The van der Waals surface area contributed by atoms with Gasteiger partial charge < -0.3 is 10.3 Å². The topological polar surface area (TPSA) is 62.0 Å². The molecule has 1 aromatic rings. The average Bonchev–Trinajstić information content (AvgIpc) is 3.05. The molecule has 1 amide bonds. The van der Waals surface area contributed by atoms with Crippen LogP contribution in [0.25, 0.3) is 0 Å². The number of carbonyl (C=O) groups is 1. The molecule has 126 valence electrons. The summed E-state index contributed by atoms with van der Waals surface area (Å²) in [5, 5.41) is 2.94. The van der Waals surface area contributed by atoms with E-state index in [2.05, 4.69) is 31.1 Å². The number of rotatable bonds is 4. The predicted octanol–water partition coefficient (Wildman–Crippen LogP) is 3.26. The van der Waals surface area contributed by atoms with Crippen molar-refractivity contribution < 1.29 is 4.79 Å². The summed E-state index contributed by atoms with van der Waals surface area (Å²) in [6, 6.07) is 3.78. The maximum absolute atomic E-state index is 12.3. The van der Waals surface area contributed by atoms with E-state index in [4.69, 9.17) is 0 Å². The zero-order valence-corrected chi connectivity index (χ0v) is 14.5. The lowest BCUT2D eigenvalue weighted by atomic mass is 9.81. The van der Waals surface area contributed by atoms with Gasteiger partial charge in [-0.1, -0.05) is 20.8 Å². The molecule has 2 aliphatic rings. The van der Waals surface area contributed by atoms with Crippen LogP contribution in [-0.4, -0.2) is 10.9 Å². The van der Waals surface area contributed by atoms with Crippen LogP contribution in [0.5, 0.6) is 0 Å². The summed E-state index contributed by atoms with van der Waals surface area (Å²) in [5.74, 6) is 0.947. The van der Waals surface area contributed by atoms with Crippen molar-refractivity contribution in [3.05, 3.63) is 33.7 Å². The molecule has 2 N–H and O–H groups in total. The van der Waals surface area contributed by atoms with Crippen LogP contribution in [0, 0.1) is 11.3 Å². The van der Waals surface area contributed by atoms with E-state index in [0.717, 1.165) is 11.6 Å². The van der Waals surface area contributed by atoms with Crippen LogP contribution in [0.15, 0.2) is 16.9 Å². The van der Waals surface area contributed by atoms with E-state index in [9.17, 15) is 9.59 Å². The van der Waals surface area contributed by atoms with Crippen molar-refractivity contribution in [3.63, 3.8) is 0 Å². The first-order valence-electron chi connectivity index (χ1n) is 8.77. The Morgan fingerprint density at radius 3 is 2.52 bits per heavy atom. The highest BCUT2D eigenvalue weighted by Gasteiger charge is 2.45. The summed E-state index contributed by atoms with van der Waals surface area (Å²) in [6.07, 6.45) is 6.84. The third-order valence-corrected chi connectivity index (χ3v) is 5.70. The number of carbonyl (C=O) groups excluding carboxylic acids is 1. The Kier molecular flexibility index (Phi) is 4.11. The number of hydrogen-bond donors (Lipinski definition) is 2. The third-order valence-electron chi connectivity index (χ3n) is 5.70. The second-order valence-electron chi connectivity index (χ2n) is 8.58. The first-order chi connectivity index (χ1) is 10.8. The fraction of sp³-hybridized carbons (Fsp3) is 0.684. The van der Waals surface area contributed by atoms with E-state index in [1.807, 2.05) is 12.1 Å². The second-order valence-corrected chi connectivity index (χ2v) is 8.58. The van der Waals surface area contributed by atoms with Gasteiger partial charge in [-0.15, -0.1) is 0 Å². The van der Waals surface area contributed by atoms with Crippen molar-refractivity contribution in [1.29, 1.82) is 0 Å². The maximum atomic E-state index is 12.3. The molecule has 3 rings (SSSR count). The molecule has 0 radical (unpaired) electrons. The second kappa shape index (κ2) is 5.81. The molecule has 1 heterocycles. The number of H-pyrrole nitrogens is 1. The zero-order chi connectivity index (χ0) is 16.7. The first-order valence-corrected chi connectivity index (χ1v) is 8.77. The van der Waals surface area contributed by atoms with Crippen molar-refractivity contribution in [1.82, 2.24) is 10.3 Å². The molecular weight excluding hydrogens is 288 g/mol. The number of hydrogen-bond acceptors (Lipinski definition) is 2. The van der Waals surface area contributed by atoms with Crippen LogP contribution < -0.4 is 10.9 Å². The Bertz CT molecular complexity index is 646. The van der Waals surface area contributed by atoms with Crippen molar-refractivity contribution >= 4 is 5.91 Å². The highest BCUT2D eigenvalue weighted by molar-refractivity contribution is 5.76. The molecule has 0 atom stereocenters. The number of nitrogens with one attached hydrogen (secondary N) is 2. The largest absolute Gasteiger partial charge is 0.352 e. The van der Waals surface area contributed by atoms with Gasteiger partial charge >= 0.3 is 0 Å². The molecule has 2 bridgehead atoms. The van der Waals surface area contributed by atoms with Gasteiger partial charge in [0.25, 0.3) is 5.56 Å². The van der Waals surface area contributed by atoms with Gasteiger partial charge in [-0.3, -0.25) is 9.59 Å². The summed E-state index contributed by atoms with van der Waals surface area (Å²) in [6.45, 7) is 6.51. The minimum Gasteiger partial charge on any atom is -0.352 e. The van der Waals surface area contributed by atoms with Gasteiger partial charge in [0, 0.05) is 29.6 Å². The summed E-state index contributed by atoms with van der Waals surface area (Å²) in [7, 11) is 0. The monoisotopic (exact) mass is 316 g/mol. The SMILES string of the molecule is CC(C)(C)c1ccc(CNC(=O)CC23CCC(CC2)C3)c(=O)[nH]1. The molecule has 0 saturated heterocycles. The molecule has 0 aromatic carbocycles. The van der Waals surface area contributed by atoms with Crippen LogP contribution in [0.3, 0.4) is 0 Å². The lowest BCUT2D eigenvalue weighted by Gasteiger charge is -2.25. The van der Waals surface area contributed by atoms with E-state index >= 15 is 0 Å². The number of aromatic nitrogens is 1. The highest BCUT2D eigenvalue weighted by Crippen LogP contribution is 2.55. The summed E-state index contributed by atoms with van der Waals surface area (Å²) < 4.78 is 0. The standard InChI is InChI=1S/C19H28N2O2/c1-18(2,3)15-5-4-14(17(23)21-15)12-20-16(22)11-19-8-6-13(10-19)7-9-19/h4-5,13H,6-12H2,1-3H3,(H,20,22)(H,21,23). The fourth-order valence-electron chi connectivity index (χ4n) is 4.24. The number of amides is 1. The van der Waals surface area contributed by atoms with Crippen LogP contribution >= 0.6 is 0 Å². The van der Waals surface area contributed by atoms with E-state index in [-0.39, 0.29) is 22.3 Å². The molecule has 2 saturated carbocycles. The Hall–Kier alpha value is -1.58. The van der Waals surface area contributed by atoms with E-state index in [1.165, 1.54) is 32.1 Å². The van der Waals surface area contributed by atoms with Crippen molar-refractivity contribution in [2.45, 2.75) is 71.3 Å². The van der Waals surface area contributed by atoms with E-state index in [1.54, 1.807) is 0 Å². The fourth-order valence-corrected chi connectivity index (χ4v) is 4.24. The maximum Gasteiger partial charge on any atom is 0.253 e. The predicted molar refractivity (Wildman–Crippen MR) is 91.2 cm³/mol. The number of pyridine rings is 1. The normalized spacial score (nSPS) is 26.5. The molecule has 23 heavy (non-hydrogen) atoms. The molecule has 1 aromatic heterocycles. The molecule has 0 aliphatic heterocycles. The van der Waals surface area contributed by atoms with Crippen molar-refractivity contribution in [2.75, 3.05) is 0 Å². The van der Waals surface area contributed by atoms with Crippen molar-refractivity contribution in [2.24, 2.45) is 11.3 Å². The lowest BCUT2D eigenvalue weighted by Crippen LogP contribution is -2.31. The van der Waals surface area contributed by atoms with Gasteiger partial charge in [0.15, 0.2) is 0 Å². The summed E-state index contributed by atoms with van der Waals surface area (Å²) in [4.78, 5) is 27.4. The molecule has 4 heteroatoms. The van der Waals surface area contributed by atoms with Gasteiger partial charge in [0.2, 0.25) is 5.91 Å². The van der Waals surface area contributed by atoms with Gasteiger partial charge in [-0.2, -0.15) is 0 Å². The van der Waals surface area contributed by atoms with Gasteiger partial charge in [0.1, 0.15) is 0 Å². The van der Waals surface area contributed by atoms with Gasteiger partial charge in [-0.05, 0) is 55.6 Å². The smallest absolute Gasteiger partial charge is 0.253 e. The Morgan fingerprint density at radius 2 is 2.00 bits per heavy atom. The molecule has 0 unspecified atom stereocenters. The highest BCUT2D eigenvalue weighted by atomic mass is 16.1.